The van der Waals surface area contributed by atoms with Gasteiger partial charge in [-0.2, -0.15) is 0 Å². The fourth-order valence-corrected chi connectivity index (χ4v) is 4.27. The minimum Gasteiger partial charge on any atom is -0.465 e. The Bertz CT molecular complexity index is 1120. The molecule has 0 saturated carbocycles. The van der Waals surface area contributed by atoms with Crippen LogP contribution in [-0.2, 0) is 9.47 Å². The Labute approximate surface area is 193 Å². The molecule has 0 amide bonds. The van der Waals surface area contributed by atoms with Gasteiger partial charge in [0, 0.05) is 29.9 Å². The molecule has 5 rings (SSSR count). The lowest BCUT2D eigenvalue weighted by atomic mass is 10.1. The second-order valence-electron chi connectivity index (χ2n) is 8.47. The van der Waals surface area contributed by atoms with Crippen molar-refractivity contribution >= 4 is 22.8 Å². The van der Waals surface area contributed by atoms with Crippen LogP contribution in [0.15, 0.2) is 54.7 Å². The van der Waals surface area contributed by atoms with E-state index in [1.54, 1.807) is 18.2 Å². The zero-order valence-corrected chi connectivity index (χ0v) is 18.6. The van der Waals surface area contributed by atoms with Crippen LogP contribution in [0.1, 0.15) is 54.4 Å². The maximum absolute atomic E-state index is 13.3. The third-order valence-corrected chi connectivity index (χ3v) is 6.05. The number of hydrogen-bond donors (Lipinski definition) is 1. The third-order valence-electron chi connectivity index (χ3n) is 6.05. The molecule has 0 radical (unpaired) electrons. The summed E-state index contributed by atoms with van der Waals surface area (Å²) in [4.78, 5) is 16.5. The van der Waals surface area contributed by atoms with Crippen LogP contribution in [-0.4, -0.2) is 36.6 Å². The van der Waals surface area contributed by atoms with Crippen molar-refractivity contribution in [1.29, 1.82) is 0 Å². The van der Waals surface area contributed by atoms with Crippen LogP contribution < -0.4 is 9.47 Å². The molecule has 1 aromatic heterocycles. The second kappa shape index (κ2) is 10.2. The van der Waals surface area contributed by atoms with Crippen LogP contribution in [0.25, 0.3) is 17.0 Å². The first-order valence-corrected chi connectivity index (χ1v) is 11.8. The Hall–Kier alpha value is -3.09. The van der Waals surface area contributed by atoms with Gasteiger partial charge in [0.1, 0.15) is 11.5 Å². The van der Waals surface area contributed by atoms with E-state index in [0.29, 0.717) is 30.3 Å². The maximum atomic E-state index is 13.3. The van der Waals surface area contributed by atoms with Crippen molar-refractivity contribution < 1.29 is 23.7 Å². The first-order chi connectivity index (χ1) is 16.3. The number of rotatable bonds is 7. The molecule has 2 aliphatic heterocycles. The molecular weight excluding hydrogens is 418 g/mol. The summed E-state index contributed by atoms with van der Waals surface area (Å²) in [5.74, 6) is 0.955. The van der Waals surface area contributed by atoms with Crippen LogP contribution >= 0.6 is 0 Å². The number of para-hydroxylation sites is 1. The number of carbonyl (C=O) groups is 1. The first kappa shape index (κ1) is 21.7. The maximum Gasteiger partial charge on any atom is 0.199 e. The van der Waals surface area contributed by atoms with Gasteiger partial charge in [0.2, 0.25) is 0 Å². The number of allylic oxidation sites excluding steroid dienone is 1. The van der Waals surface area contributed by atoms with E-state index in [0.717, 1.165) is 55.0 Å². The van der Waals surface area contributed by atoms with Crippen molar-refractivity contribution in [3.63, 3.8) is 0 Å². The quantitative estimate of drug-likeness (QED) is 0.362. The van der Waals surface area contributed by atoms with Gasteiger partial charge in [-0.3, -0.25) is 4.79 Å². The number of nitrogens with one attached hydrogen (secondary N) is 1. The van der Waals surface area contributed by atoms with Gasteiger partial charge in [-0.25, -0.2) is 0 Å². The minimum atomic E-state index is -0.337. The predicted octanol–water partition coefficient (Wildman–Crippen LogP) is 5.87. The topological polar surface area (TPSA) is 69.8 Å². The molecule has 0 bridgehead atoms. The predicted molar refractivity (Wildman–Crippen MR) is 127 cm³/mol. The number of fused-ring (bicyclic) bond motifs is 1. The average Bonchev–Trinajstić information content (AvgIpc) is 3.28. The third kappa shape index (κ3) is 5.29. The van der Waals surface area contributed by atoms with Crippen molar-refractivity contribution in [2.45, 2.75) is 51.1 Å². The molecule has 2 unspecified atom stereocenters. The molecule has 2 aromatic carbocycles. The normalized spacial score (nSPS) is 21.3. The molecule has 0 spiro atoms. The number of H-pyrrole nitrogens is 1. The Morgan fingerprint density at radius 3 is 2.45 bits per heavy atom. The largest absolute Gasteiger partial charge is 0.465 e. The number of hydrogen-bond acceptors (Lipinski definition) is 5. The second-order valence-corrected chi connectivity index (χ2v) is 8.47. The van der Waals surface area contributed by atoms with Gasteiger partial charge in [-0.15, -0.1) is 0 Å². The molecule has 6 nitrogen and oxygen atoms in total. The van der Waals surface area contributed by atoms with Gasteiger partial charge in [0.05, 0.1) is 18.8 Å². The van der Waals surface area contributed by atoms with E-state index in [4.69, 9.17) is 18.9 Å². The molecule has 3 aromatic rings. The van der Waals surface area contributed by atoms with Gasteiger partial charge in [0.25, 0.3) is 0 Å². The number of ether oxygens (including phenoxy) is 4. The SMILES string of the molecule is O=C(/C=C/c1c[nH]c2ccccc12)c1cc(OC2CCCCO2)ccc1OC1CCCCO1. The van der Waals surface area contributed by atoms with Crippen LogP contribution in [0, 0.1) is 0 Å². The van der Waals surface area contributed by atoms with Crippen molar-refractivity contribution in [3.8, 4) is 11.5 Å². The number of ketones is 1. The zero-order chi connectivity index (χ0) is 22.5. The Morgan fingerprint density at radius 1 is 0.939 bits per heavy atom. The van der Waals surface area contributed by atoms with Crippen LogP contribution in [0.5, 0.6) is 11.5 Å². The van der Waals surface area contributed by atoms with Gasteiger partial charge in [-0.05, 0) is 67.7 Å². The summed E-state index contributed by atoms with van der Waals surface area (Å²) < 4.78 is 23.5. The summed E-state index contributed by atoms with van der Waals surface area (Å²) in [5, 5.41) is 1.07. The lowest BCUT2D eigenvalue weighted by Crippen LogP contribution is -2.26. The van der Waals surface area contributed by atoms with E-state index in [1.807, 2.05) is 42.6 Å². The van der Waals surface area contributed by atoms with Crippen LogP contribution in [0.4, 0.5) is 0 Å². The highest BCUT2D eigenvalue weighted by Crippen LogP contribution is 2.30. The van der Waals surface area contributed by atoms with E-state index in [2.05, 4.69) is 4.98 Å². The molecule has 33 heavy (non-hydrogen) atoms. The van der Waals surface area contributed by atoms with E-state index in [9.17, 15) is 4.79 Å². The molecule has 1 N–H and O–H groups in total. The molecule has 2 aliphatic rings. The molecular formula is C27H29NO5. The number of benzene rings is 2. The van der Waals surface area contributed by atoms with Gasteiger partial charge in [0.15, 0.2) is 18.4 Å². The molecule has 2 atom stereocenters. The summed E-state index contributed by atoms with van der Waals surface area (Å²) in [5.41, 5.74) is 2.44. The smallest absolute Gasteiger partial charge is 0.199 e. The monoisotopic (exact) mass is 447 g/mol. The Morgan fingerprint density at radius 2 is 1.70 bits per heavy atom. The molecule has 0 aliphatic carbocycles. The average molecular weight is 448 g/mol. The minimum absolute atomic E-state index is 0.152. The highest BCUT2D eigenvalue weighted by molar-refractivity contribution is 6.09. The number of aromatic amines is 1. The van der Waals surface area contributed by atoms with E-state index < -0.39 is 0 Å². The van der Waals surface area contributed by atoms with Crippen molar-refractivity contribution in [3.05, 3.63) is 65.9 Å². The fourth-order valence-electron chi connectivity index (χ4n) is 4.27. The summed E-state index contributed by atoms with van der Waals surface area (Å²) in [7, 11) is 0. The zero-order valence-electron chi connectivity index (χ0n) is 18.6. The van der Waals surface area contributed by atoms with Gasteiger partial charge in [-0.1, -0.05) is 18.2 Å². The molecule has 6 heteroatoms. The van der Waals surface area contributed by atoms with Crippen LogP contribution in [0.2, 0.25) is 0 Å². The van der Waals surface area contributed by atoms with Crippen molar-refractivity contribution in [2.24, 2.45) is 0 Å². The lowest BCUT2D eigenvalue weighted by Gasteiger charge is -2.25. The molecule has 3 heterocycles. The molecule has 2 fully saturated rings. The standard InChI is InChI=1S/C27H29NO5/c29-24(13-11-19-18-28-23-8-2-1-7-21(19)23)22-17-20(32-26-9-3-5-15-30-26)12-14-25(22)33-27-10-4-6-16-31-27/h1-2,7-8,11-14,17-18,26-28H,3-6,9-10,15-16H2/b13-11+. The highest BCUT2D eigenvalue weighted by atomic mass is 16.7. The highest BCUT2D eigenvalue weighted by Gasteiger charge is 2.21. The van der Waals surface area contributed by atoms with E-state index in [1.165, 1.54) is 0 Å². The van der Waals surface area contributed by atoms with Crippen LogP contribution in [0.3, 0.4) is 0 Å². The summed E-state index contributed by atoms with van der Waals surface area (Å²) >= 11 is 0. The number of carbonyl (C=O) groups excluding carboxylic acids is 1. The van der Waals surface area contributed by atoms with Crippen molar-refractivity contribution in [2.75, 3.05) is 13.2 Å². The van der Waals surface area contributed by atoms with Gasteiger partial charge < -0.3 is 23.9 Å². The molecule has 2 saturated heterocycles. The summed E-state index contributed by atoms with van der Waals surface area (Å²) in [6.45, 7) is 1.37. The molecule has 172 valence electrons. The van der Waals surface area contributed by atoms with E-state index in [-0.39, 0.29) is 18.4 Å². The lowest BCUT2D eigenvalue weighted by molar-refractivity contribution is -0.107. The summed E-state index contributed by atoms with van der Waals surface area (Å²) in [6, 6.07) is 13.4. The number of aromatic nitrogens is 1. The first-order valence-electron chi connectivity index (χ1n) is 11.8. The van der Waals surface area contributed by atoms with E-state index >= 15 is 0 Å². The Kier molecular flexibility index (Phi) is 6.74. The van der Waals surface area contributed by atoms with Crippen molar-refractivity contribution in [1.82, 2.24) is 4.98 Å². The van der Waals surface area contributed by atoms with Gasteiger partial charge >= 0.3 is 0 Å². The fraction of sp³-hybridized carbons (Fsp3) is 0.370. The Balaban J connectivity index is 1.39. The summed E-state index contributed by atoms with van der Waals surface area (Å²) in [6.07, 6.45) is 10.6.